The highest BCUT2D eigenvalue weighted by atomic mass is 15.3. The smallest absolute Gasteiger partial charge is 0.120 e. The summed E-state index contributed by atoms with van der Waals surface area (Å²) in [5.41, 5.74) is 3.66. The molecule has 0 unspecified atom stereocenters. The molecule has 1 aromatic carbocycles. The second kappa shape index (κ2) is 4.24. The first-order valence-electron chi connectivity index (χ1n) is 4.62. The van der Waals surface area contributed by atoms with Crippen molar-refractivity contribution in [2.24, 2.45) is 10.8 Å². The van der Waals surface area contributed by atoms with Gasteiger partial charge < -0.3 is 5.43 Å². The normalized spacial score (nSPS) is 12.7. The summed E-state index contributed by atoms with van der Waals surface area (Å²) in [5, 5.41) is 0. The van der Waals surface area contributed by atoms with E-state index in [1.165, 1.54) is 5.56 Å². The molecule has 0 radical (unpaired) electrons. The number of benzene rings is 1. The Morgan fingerprint density at radius 1 is 1.29 bits per heavy atom. The number of aliphatic imine (C=N–C) groups is 1. The van der Waals surface area contributed by atoms with Gasteiger partial charge in [0.1, 0.15) is 5.84 Å². The van der Waals surface area contributed by atoms with Crippen LogP contribution >= 0.6 is 0 Å². The van der Waals surface area contributed by atoms with Gasteiger partial charge in [0.15, 0.2) is 0 Å². The third kappa shape index (κ3) is 1.93. The molecule has 0 aliphatic heterocycles. The molecule has 0 atom stereocenters. The van der Waals surface area contributed by atoms with Gasteiger partial charge in [0.25, 0.3) is 0 Å². The monoisotopic (exact) mass is 191 g/mol. The lowest BCUT2D eigenvalue weighted by Crippen LogP contribution is -2.43. The molecular weight excluding hydrogens is 174 g/mol. The number of nitrogens with two attached hydrogens (primary N) is 1. The molecule has 3 heteroatoms. The summed E-state index contributed by atoms with van der Waals surface area (Å²) < 4.78 is 0. The molecule has 0 fully saturated rings. The largest absolute Gasteiger partial charge is 0.312 e. The van der Waals surface area contributed by atoms with Crippen molar-refractivity contribution < 1.29 is 0 Å². The van der Waals surface area contributed by atoms with E-state index >= 15 is 0 Å². The minimum Gasteiger partial charge on any atom is -0.312 e. The first kappa shape index (κ1) is 10.7. The lowest BCUT2D eigenvalue weighted by Gasteiger charge is -2.26. The molecule has 0 saturated heterocycles. The maximum atomic E-state index is 5.43. The van der Waals surface area contributed by atoms with Crippen LogP contribution in [0.2, 0.25) is 0 Å². The third-order valence-electron chi connectivity index (χ3n) is 2.45. The van der Waals surface area contributed by atoms with E-state index in [9.17, 15) is 0 Å². The Bertz CT molecular complexity index is 315. The molecule has 0 spiro atoms. The quantitative estimate of drug-likeness (QED) is 0.322. The van der Waals surface area contributed by atoms with E-state index < -0.39 is 0 Å². The Morgan fingerprint density at radius 2 is 1.86 bits per heavy atom. The molecule has 3 N–H and O–H groups in total. The summed E-state index contributed by atoms with van der Waals surface area (Å²) in [7, 11) is 1.74. The van der Waals surface area contributed by atoms with Crippen molar-refractivity contribution >= 4 is 5.84 Å². The van der Waals surface area contributed by atoms with E-state index in [0.29, 0.717) is 0 Å². The number of amidine groups is 1. The van der Waals surface area contributed by atoms with Crippen LogP contribution in [-0.2, 0) is 5.41 Å². The van der Waals surface area contributed by atoms with Gasteiger partial charge in [-0.2, -0.15) is 0 Å². The van der Waals surface area contributed by atoms with Gasteiger partial charge in [-0.05, 0) is 19.4 Å². The molecule has 14 heavy (non-hydrogen) atoms. The van der Waals surface area contributed by atoms with Gasteiger partial charge in [-0.15, -0.1) is 0 Å². The van der Waals surface area contributed by atoms with Gasteiger partial charge in [0.2, 0.25) is 0 Å². The Labute approximate surface area is 85.0 Å². The van der Waals surface area contributed by atoms with Gasteiger partial charge in [0.05, 0.1) is 0 Å². The summed E-state index contributed by atoms with van der Waals surface area (Å²) in [6, 6.07) is 10.2. The molecule has 0 aliphatic carbocycles. The summed E-state index contributed by atoms with van der Waals surface area (Å²) in [6.07, 6.45) is 0. The first-order chi connectivity index (χ1) is 6.62. The number of hydrazine groups is 1. The van der Waals surface area contributed by atoms with E-state index in [4.69, 9.17) is 5.84 Å². The van der Waals surface area contributed by atoms with Crippen molar-refractivity contribution in [3.8, 4) is 0 Å². The Balaban J connectivity index is 3.07. The zero-order valence-corrected chi connectivity index (χ0v) is 8.91. The Kier molecular flexibility index (Phi) is 3.25. The summed E-state index contributed by atoms with van der Waals surface area (Å²) in [6.45, 7) is 4.18. The van der Waals surface area contributed by atoms with Crippen LogP contribution in [0.5, 0.6) is 0 Å². The van der Waals surface area contributed by atoms with E-state index in [1.54, 1.807) is 7.05 Å². The fraction of sp³-hybridized carbons (Fsp3) is 0.364. The second-order valence-electron chi connectivity index (χ2n) is 3.71. The van der Waals surface area contributed by atoms with Crippen molar-refractivity contribution in [2.45, 2.75) is 19.3 Å². The molecule has 3 nitrogen and oxygen atoms in total. The number of nitrogens with one attached hydrogen (secondary N) is 1. The van der Waals surface area contributed by atoms with Crippen molar-refractivity contribution in [3.05, 3.63) is 35.9 Å². The van der Waals surface area contributed by atoms with Crippen LogP contribution in [0.3, 0.4) is 0 Å². The topological polar surface area (TPSA) is 50.4 Å². The lowest BCUT2D eigenvalue weighted by atomic mass is 9.83. The first-order valence-corrected chi connectivity index (χ1v) is 4.62. The van der Waals surface area contributed by atoms with E-state index in [0.717, 1.165) is 5.84 Å². The number of hydrogen-bond donors (Lipinski definition) is 2. The SMILES string of the molecule is CN=C(NN)C(C)(C)c1ccccc1. The van der Waals surface area contributed by atoms with Crippen molar-refractivity contribution in [3.63, 3.8) is 0 Å². The fourth-order valence-corrected chi connectivity index (χ4v) is 1.52. The molecule has 1 aromatic rings. The van der Waals surface area contributed by atoms with Gasteiger partial charge in [-0.1, -0.05) is 30.3 Å². The molecule has 0 saturated carbocycles. The van der Waals surface area contributed by atoms with Crippen LogP contribution in [-0.4, -0.2) is 12.9 Å². The number of rotatable bonds is 2. The summed E-state index contributed by atoms with van der Waals surface area (Å²) in [5.74, 6) is 6.21. The van der Waals surface area contributed by atoms with E-state index in [1.807, 2.05) is 18.2 Å². The molecule has 0 amide bonds. The van der Waals surface area contributed by atoms with Gasteiger partial charge >= 0.3 is 0 Å². The van der Waals surface area contributed by atoms with Crippen LogP contribution in [0.4, 0.5) is 0 Å². The predicted octanol–water partition coefficient (Wildman–Crippen LogP) is 1.46. The maximum absolute atomic E-state index is 5.43. The summed E-state index contributed by atoms with van der Waals surface area (Å²) in [4.78, 5) is 4.14. The van der Waals surface area contributed by atoms with Gasteiger partial charge in [0, 0.05) is 12.5 Å². The zero-order chi connectivity index (χ0) is 10.6. The van der Waals surface area contributed by atoms with Crippen LogP contribution in [0.15, 0.2) is 35.3 Å². The molecule has 76 valence electrons. The highest BCUT2D eigenvalue weighted by Crippen LogP contribution is 2.23. The van der Waals surface area contributed by atoms with Crippen LogP contribution < -0.4 is 11.3 Å². The standard InChI is InChI=1S/C11H17N3/c1-11(2,10(13-3)14-12)9-7-5-4-6-8-9/h4-8H,12H2,1-3H3,(H,13,14). The van der Waals surface area contributed by atoms with Crippen molar-refractivity contribution in [1.82, 2.24) is 5.43 Å². The predicted molar refractivity (Wildman–Crippen MR) is 60.2 cm³/mol. The molecule has 1 rings (SSSR count). The van der Waals surface area contributed by atoms with Crippen molar-refractivity contribution in [1.29, 1.82) is 0 Å². The number of nitrogens with zero attached hydrogens (tertiary/aromatic N) is 1. The molecular formula is C11H17N3. The summed E-state index contributed by atoms with van der Waals surface area (Å²) >= 11 is 0. The van der Waals surface area contributed by atoms with Crippen LogP contribution in [0.25, 0.3) is 0 Å². The van der Waals surface area contributed by atoms with Crippen molar-refractivity contribution in [2.75, 3.05) is 7.05 Å². The third-order valence-corrected chi connectivity index (χ3v) is 2.45. The van der Waals surface area contributed by atoms with Gasteiger partial charge in [-0.25, -0.2) is 5.84 Å². The Hall–Kier alpha value is -1.35. The van der Waals surface area contributed by atoms with Crippen LogP contribution in [0, 0.1) is 0 Å². The molecule has 0 heterocycles. The maximum Gasteiger partial charge on any atom is 0.120 e. The van der Waals surface area contributed by atoms with Gasteiger partial charge in [-0.3, -0.25) is 4.99 Å². The van der Waals surface area contributed by atoms with E-state index in [2.05, 4.69) is 36.4 Å². The minimum absolute atomic E-state index is 0.176. The molecule has 0 aromatic heterocycles. The molecule has 0 aliphatic rings. The average molecular weight is 191 g/mol. The average Bonchev–Trinajstić information content (AvgIpc) is 2.20. The highest BCUT2D eigenvalue weighted by Gasteiger charge is 2.25. The minimum atomic E-state index is -0.176. The number of hydrogen-bond acceptors (Lipinski definition) is 2. The lowest BCUT2D eigenvalue weighted by molar-refractivity contribution is 0.680. The van der Waals surface area contributed by atoms with E-state index in [-0.39, 0.29) is 5.41 Å². The molecule has 0 bridgehead atoms. The Morgan fingerprint density at radius 3 is 2.29 bits per heavy atom. The zero-order valence-electron chi connectivity index (χ0n) is 8.91. The second-order valence-corrected chi connectivity index (χ2v) is 3.71. The fourth-order valence-electron chi connectivity index (χ4n) is 1.52. The van der Waals surface area contributed by atoms with Crippen LogP contribution in [0.1, 0.15) is 19.4 Å². The highest BCUT2D eigenvalue weighted by molar-refractivity contribution is 5.91.